The van der Waals surface area contributed by atoms with Gasteiger partial charge < -0.3 is 9.94 Å². The van der Waals surface area contributed by atoms with Crippen molar-refractivity contribution < 1.29 is 9.94 Å². The van der Waals surface area contributed by atoms with Crippen LogP contribution >= 0.6 is 0 Å². The lowest BCUT2D eigenvalue weighted by molar-refractivity contribution is 0.0700. The van der Waals surface area contributed by atoms with Crippen molar-refractivity contribution in [1.29, 1.82) is 5.26 Å². The van der Waals surface area contributed by atoms with Crippen LogP contribution in [0.4, 0.5) is 0 Å². The van der Waals surface area contributed by atoms with Crippen LogP contribution in [0.25, 0.3) is 11.1 Å². The van der Waals surface area contributed by atoms with Crippen LogP contribution in [-0.2, 0) is 17.9 Å². The number of rotatable bonds is 6. The van der Waals surface area contributed by atoms with E-state index in [4.69, 9.17) is 10.00 Å². The minimum Gasteiger partial charge on any atom is -0.421 e. The molecule has 1 N–H and O–H groups in total. The zero-order valence-corrected chi connectivity index (χ0v) is 16.3. The van der Waals surface area contributed by atoms with Gasteiger partial charge in [-0.05, 0) is 42.7 Å². The molecule has 0 fully saturated rings. The maximum Gasteiger partial charge on any atom is 0.366 e. The largest absolute Gasteiger partial charge is 0.421 e. The standard InChI is InChI=1S/C22H21N3O4/c1-3-29-14-24-20(15(2)21(26)25(28)22(24)27)12-16-4-8-18(9-5-16)19-10-6-17(13-23)7-11-19/h4-11,28H,3,12,14H2,1-2H3. The molecule has 0 aliphatic heterocycles. The molecule has 3 rings (SSSR count). The monoisotopic (exact) mass is 391 g/mol. The predicted molar refractivity (Wildman–Crippen MR) is 108 cm³/mol. The summed E-state index contributed by atoms with van der Waals surface area (Å²) in [5, 5.41) is 18.7. The number of nitriles is 1. The molecule has 0 unspecified atom stereocenters. The molecule has 2 aromatic carbocycles. The first-order chi connectivity index (χ1) is 14.0. The molecule has 0 saturated carbocycles. The average molecular weight is 391 g/mol. The van der Waals surface area contributed by atoms with Crippen LogP contribution in [0.3, 0.4) is 0 Å². The van der Waals surface area contributed by atoms with Crippen molar-refractivity contribution >= 4 is 0 Å². The van der Waals surface area contributed by atoms with Gasteiger partial charge in [0.05, 0.1) is 11.6 Å². The van der Waals surface area contributed by atoms with Crippen molar-refractivity contribution in [2.75, 3.05) is 6.61 Å². The summed E-state index contributed by atoms with van der Waals surface area (Å²) in [6.45, 7) is 3.73. The van der Waals surface area contributed by atoms with E-state index in [9.17, 15) is 14.8 Å². The number of hydrogen-bond donors (Lipinski definition) is 1. The van der Waals surface area contributed by atoms with Crippen molar-refractivity contribution in [2.24, 2.45) is 0 Å². The molecule has 0 atom stereocenters. The Morgan fingerprint density at radius 3 is 2.17 bits per heavy atom. The van der Waals surface area contributed by atoms with Crippen LogP contribution in [0.5, 0.6) is 0 Å². The van der Waals surface area contributed by atoms with Gasteiger partial charge in [0.1, 0.15) is 6.73 Å². The first-order valence-corrected chi connectivity index (χ1v) is 9.18. The fourth-order valence-corrected chi connectivity index (χ4v) is 3.09. The molecule has 7 heteroatoms. The molecule has 0 spiro atoms. The fourth-order valence-electron chi connectivity index (χ4n) is 3.09. The summed E-state index contributed by atoms with van der Waals surface area (Å²) in [4.78, 5) is 24.5. The Labute approximate surface area is 167 Å². The minimum atomic E-state index is -0.821. The molecule has 1 aromatic heterocycles. The third-order valence-electron chi connectivity index (χ3n) is 4.78. The molecule has 0 aliphatic rings. The Bertz CT molecular complexity index is 1170. The molecule has 0 bridgehead atoms. The van der Waals surface area contributed by atoms with Crippen LogP contribution < -0.4 is 11.2 Å². The summed E-state index contributed by atoms with van der Waals surface area (Å²) in [6, 6.07) is 17.1. The highest BCUT2D eigenvalue weighted by Crippen LogP contribution is 2.21. The molecule has 1 heterocycles. The van der Waals surface area contributed by atoms with Gasteiger partial charge in [0, 0.05) is 24.3 Å². The van der Waals surface area contributed by atoms with E-state index in [1.807, 2.05) is 36.4 Å². The molecule has 29 heavy (non-hydrogen) atoms. The maximum absolute atomic E-state index is 12.3. The summed E-state index contributed by atoms with van der Waals surface area (Å²) < 4.78 is 6.73. The Kier molecular flexibility index (Phi) is 5.96. The van der Waals surface area contributed by atoms with Gasteiger partial charge in [-0.2, -0.15) is 5.26 Å². The third-order valence-corrected chi connectivity index (χ3v) is 4.78. The van der Waals surface area contributed by atoms with E-state index in [0.717, 1.165) is 16.7 Å². The zero-order valence-electron chi connectivity index (χ0n) is 16.3. The van der Waals surface area contributed by atoms with Crippen molar-refractivity contribution in [3.63, 3.8) is 0 Å². The van der Waals surface area contributed by atoms with E-state index in [1.54, 1.807) is 26.0 Å². The molecule has 3 aromatic rings. The van der Waals surface area contributed by atoms with Crippen LogP contribution in [0.1, 0.15) is 29.3 Å². The SMILES string of the molecule is CCOCn1c(Cc2ccc(-c3ccc(C#N)cc3)cc2)c(C)c(=O)n(O)c1=O. The quantitative estimate of drug-likeness (QED) is 0.652. The van der Waals surface area contributed by atoms with Gasteiger partial charge in [0.15, 0.2) is 0 Å². The lowest BCUT2D eigenvalue weighted by Gasteiger charge is -2.16. The van der Waals surface area contributed by atoms with Crippen LogP contribution in [0.15, 0.2) is 58.1 Å². The Hall–Kier alpha value is -3.63. The highest BCUT2D eigenvalue weighted by Gasteiger charge is 2.16. The van der Waals surface area contributed by atoms with E-state index >= 15 is 0 Å². The normalized spacial score (nSPS) is 10.7. The molecule has 0 aliphatic carbocycles. The van der Waals surface area contributed by atoms with Gasteiger partial charge in [-0.3, -0.25) is 9.36 Å². The highest BCUT2D eigenvalue weighted by atomic mass is 16.5. The van der Waals surface area contributed by atoms with E-state index in [0.29, 0.717) is 29.8 Å². The summed E-state index contributed by atoms with van der Waals surface area (Å²) in [5.74, 6) is 0. The van der Waals surface area contributed by atoms with E-state index < -0.39 is 11.2 Å². The average Bonchev–Trinajstić information content (AvgIpc) is 2.76. The van der Waals surface area contributed by atoms with Gasteiger partial charge in [0.25, 0.3) is 5.56 Å². The van der Waals surface area contributed by atoms with Gasteiger partial charge in [-0.25, -0.2) is 4.79 Å². The second-order valence-electron chi connectivity index (χ2n) is 6.58. The third kappa shape index (κ3) is 4.13. The van der Waals surface area contributed by atoms with Crippen molar-refractivity contribution in [3.05, 3.63) is 91.8 Å². The summed E-state index contributed by atoms with van der Waals surface area (Å²) >= 11 is 0. The first kappa shape index (κ1) is 20.1. The number of hydrogen-bond acceptors (Lipinski definition) is 5. The molecule has 0 amide bonds. The Morgan fingerprint density at radius 1 is 1.03 bits per heavy atom. The van der Waals surface area contributed by atoms with Gasteiger partial charge in [-0.15, -0.1) is 0 Å². The van der Waals surface area contributed by atoms with Gasteiger partial charge in [-0.1, -0.05) is 41.1 Å². The highest BCUT2D eigenvalue weighted by molar-refractivity contribution is 5.64. The smallest absolute Gasteiger partial charge is 0.366 e. The van der Waals surface area contributed by atoms with E-state index in [-0.39, 0.29) is 11.5 Å². The Morgan fingerprint density at radius 2 is 1.62 bits per heavy atom. The summed E-state index contributed by atoms with van der Waals surface area (Å²) in [5.41, 5.74) is 2.74. The Balaban J connectivity index is 1.94. The zero-order chi connectivity index (χ0) is 21.0. The first-order valence-electron chi connectivity index (χ1n) is 9.18. The molecule has 148 valence electrons. The molecule has 7 nitrogen and oxygen atoms in total. The van der Waals surface area contributed by atoms with Gasteiger partial charge in [0.2, 0.25) is 0 Å². The lowest BCUT2D eigenvalue weighted by atomic mass is 10.0. The van der Waals surface area contributed by atoms with Crippen molar-refractivity contribution in [3.8, 4) is 17.2 Å². The topological polar surface area (TPSA) is 97.2 Å². The van der Waals surface area contributed by atoms with Crippen LogP contribution in [0.2, 0.25) is 0 Å². The number of benzene rings is 2. The minimum absolute atomic E-state index is 0.0460. The second kappa shape index (κ2) is 8.59. The van der Waals surface area contributed by atoms with Crippen LogP contribution in [0, 0.1) is 18.3 Å². The molecule has 0 radical (unpaired) electrons. The molecule has 0 saturated heterocycles. The summed E-state index contributed by atoms with van der Waals surface area (Å²) in [7, 11) is 0. The van der Waals surface area contributed by atoms with Crippen LogP contribution in [-0.4, -0.2) is 21.1 Å². The van der Waals surface area contributed by atoms with Gasteiger partial charge >= 0.3 is 5.69 Å². The van der Waals surface area contributed by atoms with E-state index in [2.05, 4.69) is 6.07 Å². The molecular weight excluding hydrogens is 370 g/mol. The lowest BCUT2D eigenvalue weighted by Crippen LogP contribution is -2.42. The number of aromatic nitrogens is 2. The fraction of sp³-hybridized carbons (Fsp3) is 0.227. The van der Waals surface area contributed by atoms with E-state index in [1.165, 1.54) is 4.57 Å². The number of nitrogens with zero attached hydrogens (tertiary/aromatic N) is 3. The predicted octanol–water partition coefficient (Wildman–Crippen LogP) is 2.68. The van der Waals surface area contributed by atoms with Crippen molar-refractivity contribution in [2.45, 2.75) is 27.0 Å². The second-order valence-corrected chi connectivity index (χ2v) is 6.58. The number of ether oxygens (including phenoxy) is 1. The maximum atomic E-state index is 12.3. The summed E-state index contributed by atoms with van der Waals surface area (Å²) in [6.07, 6.45) is 0.345. The van der Waals surface area contributed by atoms with Crippen molar-refractivity contribution in [1.82, 2.24) is 9.30 Å². The molecular formula is C22H21N3O4.